The molecule has 0 aromatic heterocycles. The third-order valence-electron chi connectivity index (χ3n) is 10.3. The molecule has 0 unspecified atom stereocenters. The van der Waals surface area contributed by atoms with Gasteiger partial charge in [-0.05, 0) is 62.4 Å². The Balaban J connectivity index is 1.89. The second-order valence-electron chi connectivity index (χ2n) is 11.8. The number of hydrogen-bond donors (Lipinski definition) is 3. The Hall–Kier alpha value is -2.03. The van der Waals surface area contributed by atoms with Gasteiger partial charge in [0, 0.05) is 13.0 Å². The first-order valence-corrected chi connectivity index (χ1v) is 13.0. The summed E-state index contributed by atoms with van der Waals surface area (Å²) in [5, 5.41) is 25.8. The summed E-state index contributed by atoms with van der Waals surface area (Å²) in [6, 6.07) is -0.841. The number of allylic oxidation sites excluding steroid dienone is 1. The summed E-state index contributed by atoms with van der Waals surface area (Å²) in [5.41, 5.74) is -1.35. The Morgan fingerprint density at radius 1 is 1.31 bits per heavy atom. The Morgan fingerprint density at radius 3 is 2.53 bits per heavy atom. The second-order valence-corrected chi connectivity index (χ2v) is 11.8. The van der Waals surface area contributed by atoms with Gasteiger partial charge in [0.2, 0.25) is 5.91 Å². The molecule has 3 N–H and O–H groups in total. The summed E-state index contributed by atoms with van der Waals surface area (Å²) in [6.07, 6.45) is 2.73. The predicted octanol–water partition coefficient (Wildman–Crippen LogP) is 2.32. The Bertz CT molecular complexity index is 1010. The number of ether oxygens (including phenoxy) is 2. The fourth-order valence-corrected chi connectivity index (χ4v) is 7.95. The van der Waals surface area contributed by atoms with Crippen LogP contribution in [-0.2, 0) is 23.9 Å². The predicted molar refractivity (Wildman–Crippen MR) is 133 cm³/mol. The highest BCUT2D eigenvalue weighted by atomic mass is 16.5. The number of ketones is 1. The van der Waals surface area contributed by atoms with Crippen molar-refractivity contribution in [2.24, 2.45) is 34.5 Å². The quantitative estimate of drug-likeness (QED) is 0.360. The van der Waals surface area contributed by atoms with E-state index in [2.05, 4.69) is 11.9 Å². The summed E-state index contributed by atoms with van der Waals surface area (Å²) < 4.78 is 10.6. The van der Waals surface area contributed by atoms with Crippen LogP contribution in [0.15, 0.2) is 23.8 Å². The zero-order chi connectivity index (χ0) is 26.8. The summed E-state index contributed by atoms with van der Waals surface area (Å²) in [7, 11) is 2.80. The first-order chi connectivity index (χ1) is 16.8. The van der Waals surface area contributed by atoms with Gasteiger partial charge in [-0.15, -0.1) is 0 Å². The average molecular weight is 504 g/mol. The highest BCUT2D eigenvalue weighted by Crippen LogP contribution is 2.73. The number of carbonyl (C=O) groups excluding carboxylic acids is 3. The highest BCUT2D eigenvalue weighted by molar-refractivity contribution is 5.90. The van der Waals surface area contributed by atoms with E-state index in [9.17, 15) is 24.6 Å². The van der Waals surface area contributed by atoms with Crippen molar-refractivity contribution in [3.63, 3.8) is 0 Å². The van der Waals surface area contributed by atoms with E-state index in [0.29, 0.717) is 37.7 Å². The maximum absolute atomic E-state index is 14.3. The van der Waals surface area contributed by atoms with Crippen molar-refractivity contribution >= 4 is 17.7 Å². The number of amides is 1. The summed E-state index contributed by atoms with van der Waals surface area (Å²) in [6.45, 7) is 11.2. The summed E-state index contributed by atoms with van der Waals surface area (Å²) >= 11 is 0. The molecule has 36 heavy (non-hydrogen) atoms. The van der Waals surface area contributed by atoms with E-state index < -0.39 is 52.5 Å². The third kappa shape index (κ3) is 3.55. The third-order valence-corrected chi connectivity index (χ3v) is 10.3. The molecule has 1 spiro atoms. The molecule has 4 aliphatic carbocycles. The lowest BCUT2D eigenvalue weighted by molar-refractivity contribution is -0.155. The maximum Gasteiger partial charge on any atom is 0.328 e. The van der Waals surface area contributed by atoms with Crippen molar-refractivity contribution in [1.82, 2.24) is 5.32 Å². The van der Waals surface area contributed by atoms with Crippen molar-refractivity contribution in [2.45, 2.75) is 83.6 Å². The molecule has 200 valence electrons. The van der Waals surface area contributed by atoms with Crippen LogP contribution in [0.1, 0.15) is 59.8 Å². The van der Waals surface area contributed by atoms with Gasteiger partial charge in [-0.25, -0.2) is 4.79 Å². The van der Waals surface area contributed by atoms with Gasteiger partial charge in [0.05, 0.1) is 30.1 Å². The van der Waals surface area contributed by atoms with Crippen molar-refractivity contribution in [3.05, 3.63) is 23.8 Å². The minimum atomic E-state index is -1.28. The molecule has 4 aliphatic rings. The van der Waals surface area contributed by atoms with Gasteiger partial charge in [0.15, 0.2) is 0 Å². The van der Waals surface area contributed by atoms with E-state index in [1.807, 2.05) is 19.9 Å². The van der Waals surface area contributed by atoms with E-state index in [4.69, 9.17) is 9.47 Å². The molecule has 3 fully saturated rings. The molecule has 2 bridgehead atoms. The van der Waals surface area contributed by atoms with Gasteiger partial charge in [-0.3, -0.25) is 9.59 Å². The van der Waals surface area contributed by atoms with Crippen LogP contribution >= 0.6 is 0 Å². The number of Topliss-reactive ketones (excluding diaryl/α,β-unsaturated/α-hetero) is 1. The fourth-order valence-electron chi connectivity index (χ4n) is 7.95. The first kappa shape index (κ1) is 27.0. The van der Waals surface area contributed by atoms with E-state index >= 15 is 0 Å². The molecule has 4 rings (SSSR count). The molecule has 0 radical (unpaired) electrons. The molecule has 3 saturated carbocycles. The number of fused-ring (bicyclic) bond motifs is 3. The fraction of sp³-hybridized carbons (Fsp3) is 0.750. The number of hydrogen-bond acceptors (Lipinski definition) is 7. The SMILES string of the molecule is C=C1C[C@]23C[C@@]1(O)CC[C@H]2C1=C[C@@H](OC)[C@H](O)[C@@](C)(C(C)=O)[C@H]1[C@@H]3C(=O)N[C@H](C(=O)OC)[C@@H](C)CC. The lowest BCUT2D eigenvalue weighted by Gasteiger charge is -2.47. The van der Waals surface area contributed by atoms with Gasteiger partial charge in [-0.2, -0.15) is 0 Å². The maximum atomic E-state index is 14.3. The van der Waals surface area contributed by atoms with Crippen LogP contribution in [0, 0.1) is 34.5 Å². The molecule has 8 heteroatoms. The largest absolute Gasteiger partial charge is 0.467 e. The molecule has 10 atom stereocenters. The first-order valence-electron chi connectivity index (χ1n) is 13.0. The molecule has 8 nitrogen and oxygen atoms in total. The molecule has 1 amide bonds. The number of nitrogens with one attached hydrogen (secondary N) is 1. The number of methoxy groups -OCH3 is 2. The molecule has 0 aromatic carbocycles. The Labute approximate surface area is 213 Å². The van der Waals surface area contributed by atoms with Crippen LogP contribution < -0.4 is 5.32 Å². The van der Waals surface area contributed by atoms with Gasteiger partial charge >= 0.3 is 5.97 Å². The van der Waals surface area contributed by atoms with Gasteiger partial charge in [0.1, 0.15) is 17.9 Å². The molecule has 0 aromatic rings. The normalized spacial score (nSPS) is 42.6. The number of carbonyl (C=O) groups is 3. The molecule has 0 saturated heterocycles. The van der Waals surface area contributed by atoms with E-state index in [1.54, 1.807) is 6.92 Å². The zero-order valence-electron chi connectivity index (χ0n) is 22.3. The molecule has 0 heterocycles. The van der Waals surface area contributed by atoms with Crippen LogP contribution in [0.3, 0.4) is 0 Å². The molecular formula is C28H41NO7. The standard InChI is InChI=1S/C28H41NO7/c1-8-14(2)22(25(33)36-7)29-24(32)21-20-17(11-19(35-6)23(31)26(20,5)16(4)30)18-9-10-28(34)13-27(18,21)12-15(28)3/h11,14,18-23,31,34H,3,8-10,12-13H2,1-2,4-7H3,(H,29,32)/t14-,18-,19+,20+,21+,22-,23-,26-,27-,28-/m0/s1. The van der Waals surface area contributed by atoms with E-state index in [-0.39, 0.29) is 23.5 Å². The van der Waals surface area contributed by atoms with Crippen molar-refractivity contribution in [3.8, 4) is 0 Å². The van der Waals surface area contributed by atoms with Crippen LogP contribution in [0.4, 0.5) is 0 Å². The smallest absolute Gasteiger partial charge is 0.328 e. The van der Waals surface area contributed by atoms with E-state index in [1.165, 1.54) is 21.1 Å². The van der Waals surface area contributed by atoms with Crippen LogP contribution in [0.25, 0.3) is 0 Å². The van der Waals surface area contributed by atoms with Crippen molar-refractivity contribution < 1.29 is 34.1 Å². The van der Waals surface area contributed by atoms with Crippen LogP contribution in [-0.4, -0.2) is 65.9 Å². The van der Waals surface area contributed by atoms with Crippen LogP contribution in [0.2, 0.25) is 0 Å². The van der Waals surface area contributed by atoms with Gasteiger partial charge in [-0.1, -0.05) is 38.5 Å². The van der Waals surface area contributed by atoms with Crippen LogP contribution in [0.5, 0.6) is 0 Å². The highest BCUT2D eigenvalue weighted by Gasteiger charge is 2.73. The number of rotatable bonds is 7. The van der Waals surface area contributed by atoms with E-state index in [0.717, 1.165) is 5.57 Å². The average Bonchev–Trinajstić information content (AvgIpc) is 3.23. The van der Waals surface area contributed by atoms with Gasteiger partial charge < -0.3 is 25.0 Å². The topological polar surface area (TPSA) is 122 Å². The minimum Gasteiger partial charge on any atom is -0.467 e. The number of esters is 1. The molecule has 0 aliphatic heterocycles. The zero-order valence-corrected chi connectivity index (χ0v) is 22.3. The van der Waals surface area contributed by atoms with Crippen molar-refractivity contribution in [2.75, 3.05) is 14.2 Å². The second kappa shape index (κ2) is 9.07. The minimum absolute atomic E-state index is 0.0678. The lowest BCUT2D eigenvalue weighted by atomic mass is 9.58. The summed E-state index contributed by atoms with van der Waals surface area (Å²) in [4.78, 5) is 40.2. The van der Waals surface area contributed by atoms with Gasteiger partial charge in [0.25, 0.3) is 0 Å². The van der Waals surface area contributed by atoms with Crippen molar-refractivity contribution in [1.29, 1.82) is 0 Å². The number of aliphatic hydroxyl groups is 2. The Kier molecular flexibility index (Phi) is 6.80. The lowest BCUT2D eigenvalue weighted by Crippen LogP contribution is -2.58. The monoisotopic (exact) mass is 503 g/mol. The Morgan fingerprint density at radius 2 is 1.97 bits per heavy atom. The molecular weight excluding hydrogens is 462 g/mol. The summed E-state index contributed by atoms with van der Waals surface area (Å²) in [5.74, 6) is -2.66. The number of aliphatic hydroxyl groups excluding tert-OH is 1.